The number of thioether (sulfide) groups is 1. The van der Waals surface area contributed by atoms with E-state index in [-0.39, 0.29) is 23.8 Å². The number of aliphatic hydroxyl groups excluding tert-OH is 1. The highest BCUT2D eigenvalue weighted by Crippen LogP contribution is 2.11. The van der Waals surface area contributed by atoms with Crippen LogP contribution in [0.5, 0.6) is 0 Å². The standard InChI is InChI=1S/C12H18N2O2S/c1-8-6-10(4-5-13-8)12(16)14-9(2)11(7-15)17-3/h4-6,9,11,15H,7H2,1-3H3,(H,14,16). The number of carbonyl (C=O) groups excluding carboxylic acids is 1. The Hall–Kier alpha value is -1.07. The molecule has 1 aromatic rings. The zero-order valence-electron chi connectivity index (χ0n) is 10.3. The normalized spacial score (nSPS) is 14.1. The smallest absolute Gasteiger partial charge is 0.251 e. The lowest BCUT2D eigenvalue weighted by molar-refractivity contribution is 0.0935. The molecule has 94 valence electrons. The highest BCUT2D eigenvalue weighted by Gasteiger charge is 2.18. The predicted molar refractivity (Wildman–Crippen MR) is 70.3 cm³/mol. The van der Waals surface area contributed by atoms with Crippen LogP contribution in [0.3, 0.4) is 0 Å². The number of hydrogen-bond donors (Lipinski definition) is 2. The van der Waals surface area contributed by atoms with E-state index in [0.29, 0.717) is 5.56 Å². The number of aliphatic hydroxyl groups is 1. The van der Waals surface area contributed by atoms with Crippen molar-refractivity contribution < 1.29 is 9.90 Å². The van der Waals surface area contributed by atoms with Crippen LogP contribution in [-0.2, 0) is 0 Å². The molecule has 0 aliphatic heterocycles. The zero-order valence-corrected chi connectivity index (χ0v) is 11.1. The fraction of sp³-hybridized carbons (Fsp3) is 0.500. The van der Waals surface area contributed by atoms with Crippen LogP contribution in [0.15, 0.2) is 18.3 Å². The van der Waals surface area contributed by atoms with Crippen molar-refractivity contribution in [2.24, 2.45) is 0 Å². The highest BCUT2D eigenvalue weighted by atomic mass is 32.2. The van der Waals surface area contributed by atoms with E-state index >= 15 is 0 Å². The minimum atomic E-state index is -0.129. The molecule has 0 saturated heterocycles. The summed E-state index contributed by atoms with van der Waals surface area (Å²) in [4.78, 5) is 16.0. The topological polar surface area (TPSA) is 62.2 Å². The van der Waals surface area contributed by atoms with E-state index in [4.69, 9.17) is 5.11 Å². The number of nitrogens with zero attached hydrogens (tertiary/aromatic N) is 1. The van der Waals surface area contributed by atoms with Crippen LogP contribution in [0.4, 0.5) is 0 Å². The monoisotopic (exact) mass is 254 g/mol. The van der Waals surface area contributed by atoms with Crippen LogP contribution < -0.4 is 5.32 Å². The molecule has 5 heteroatoms. The number of amides is 1. The average Bonchev–Trinajstić information content (AvgIpc) is 2.30. The first-order chi connectivity index (χ1) is 8.08. The maximum atomic E-state index is 11.9. The lowest BCUT2D eigenvalue weighted by Gasteiger charge is -2.21. The number of aryl methyl sites for hydroxylation is 1. The van der Waals surface area contributed by atoms with E-state index < -0.39 is 0 Å². The second-order valence-electron chi connectivity index (χ2n) is 3.90. The Kier molecular flexibility index (Phi) is 5.44. The van der Waals surface area contributed by atoms with Crippen molar-refractivity contribution >= 4 is 17.7 Å². The Morgan fingerprint density at radius 1 is 1.65 bits per heavy atom. The molecule has 2 unspecified atom stereocenters. The molecule has 0 spiro atoms. The van der Waals surface area contributed by atoms with Crippen LogP contribution in [-0.4, -0.2) is 40.2 Å². The first-order valence-corrected chi connectivity index (χ1v) is 6.74. The molecule has 1 heterocycles. The third-order valence-electron chi connectivity index (χ3n) is 2.56. The average molecular weight is 254 g/mol. The molecule has 1 rings (SSSR count). The molecular formula is C12H18N2O2S. The molecule has 2 atom stereocenters. The fourth-order valence-electron chi connectivity index (χ4n) is 1.51. The van der Waals surface area contributed by atoms with Gasteiger partial charge in [0.2, 0.25) is 0 Å². The van der Waals surface area contributed by atoms with Gasteiger partial charge in [0.15, 0.2) is 0 Å². The van der Waals surface area contributed by atoms with E-state index in [1.54, 1.807) is 30.1 Å². The first kappa shape index (κ1) is 14.0. The summed E-state index contributed by atoms with van der Waals surface area (Å²) in [5.41, 5.74) is 1.41. The second kappa shape index (κ2) is 6.61. The largest absolute Gasteiger partial charge is 0.395 e. The van der Waals surface area contributed by atoms with Gasteiger partial charge >= 0.3 is 0 Å². The predicted octanol–water partition coefficient (Wildman–Crippen LogP) is 1.23. The maximum Gasteiger partial charge on any atom is 0.251 e. The van der Waals surface area contributed by atoms with Gasteiger partial charge in [-0.3, -0.25) is 9.78 Å². The Morgan fingerprint density at radius 3 is 2.88 bits per heavy atom. The van der Waals surface area contributed by atoms with Crippen LogP contribution in [0, 0.1) is 6.92 Å². The molecule has 1 amide bonds. The Labute approximate surface area is 106 Å². The summed E-state index contributed by atoms with van der Waals surface area (Å²) in [5, 5.41) is 12.0. The van der Waals surface area contributed by atoms with Crippen LogP contribution in [0.2, 0.25) is 0 Å². The number of carbonyl (C=O) groups is 1. The van der Waals surface area contributed by atoms with Gasteiger partial charge < -0.3 is 10.4 Å². The first-order valence-electron chi connectivity index (χ1n) is 5.45. The molecule has 0 aromatic carbocycles. The minimum absolute atomic E-state index is 0.0156. The van der Waals surface area contributed by atoms with E-state index in [1.165, 1.54) is 0 Å². The molecule has 0 radical (unpaired) electrons. The summed E-state index contributed by atoms with van der Waals surface area (Å²) in [5.74, 6) is -0.129. The van der Waals surface area contributed by atoms with Gasteiger partial charge in [-0.1, -0.05) is 0 Å². The van der Waals surface area contributed by atoms with Gasteiger partial charge in [0, 0.05) is 28.7 Å². The zero-order chi connectivity index (χ0) is 12.8. The van der Waals surface area contributed by atoms with Gasteiger partial charge in [0.1, 0.15) is 0 Å². The lowest BCUT2D eigenvalue weighted by Crippen LogP contribution is -2.41. The van der Waals surface area contributed by atoms with Gasteiger partial charge in [-0.05, 0) is 32.2 Å². The minimum Gasteiger partial charge on any atom is -0.395 e. The Bertz CT molecular complexity index is 381. The van der Waals surface area contributed by atoms with E-state index in [0.717, 1.165) is 5.69 Å². The SMILES string of the molecule is CSC(CO)C(C)NC(=O)c1ccnc(C)c1. The van der Waals surface area contributed by atoms with Crippen molar-refractivity contribution in [3.63, 3.8) is 0 Å². The maximum absolute atomic E-state index is 11.9. The highest BCUT2D eigenvalue weighted by molar-refractivity contribution is 7.99. The van der Waals surface area contributed by atoms with E-state index in [9.17, 15) is 4.79 Å². The fourth-order valence-corrected chi connectivity index (χ4v) is 2.13. The molecule has 1 aromatic heterocycles. The molecule has 0 fully saturated rings. The summed E-state index contributed by atoms with van der Waals surface area (Å²) in [6.45, 7) is 3.79. The van der Waals surface area contributed by atoms with Crippen LogP contribution in [0.25, 0.3) is 0 Å². The van der Waals surface area contributed by atoms with Crippen molar-refractivity contribution in [3.05, 3.63) is 29.6 Å². The quantitative estimate of drug-likeness (QED) is 0.829. The Balaban J connectivity index is 2.66. The summed E-state index contributed by atoms with van der Waals surface area (Å²) < 4.78 is 0. The van der Waals surface area contributed by atoms with Crippen LogP contribution >= 0.6 is 11.8 Å². The summed E-state index contributed by atoms with van der Waals surface area (Å²) >= 11 is 1.54. The van der Waals surface area contributed by atoms with Crippen molar-refractivity contribution in [1.82, 2.24) is 10.3 Å². The van der Waals surface area contributed by atoms with Crippen molar-refractivity contribution in [3.8, 4) is 0 Å². The molecule has 4 nitrogen and oxygen atoms in total. The lowest BCUT2D eigenvalue weighted by atomic mass is 10.2. The van der Waals surface area contributed by atoms with Crippen molar-refractivity contribution in [1.29, 1.82) is 0 Å². The van der Waals surface area contributed by atoms with Crippen molar-refractivity contribution in [2.75, 3.05) is 12.9 Å². The second-order valence-corrected chi connectivity index (χ2v) is 4.98. The van der Waals surface area contributed by atoms with Gasteiger partial charge in [0.05, 0.1) is 6.61 Å². The third kappa shape index (κ3) is 4.02. The molecular weight excluding hydrogens is 236 g/mol. The number of nitrogens with one attached hydrogen (secondary N) is 1. The summed E-state index contributed by atoms with van der Waals surface area (Å²) in [7, 11) is 0. The number of hydrogen-bond acceptors (Lipinski definition) is 4. The number of aromatic nitrogens is 1. The summed E-state index contributed by atoms with van der Waals surface area (Å²) in [6.07, 6.45) is 3.53. The van der Waals surface area contributed by atoms with Crippen LogP contribution in [0.1, 0.15) is 23.0 Å². The molecule has 17 heavy (non-hydrogen) atoms. The number of pyridine rings is 1. The summed E-state index contributed by atoms with van der Waals surface area (Å²) in [6, 6.07) is 3.35. The van der Waals surface area contributed by atoms with E-state index in [2.05, 4.69) is 10.3 Å². The van der Waals surface area contributed by atoms with Gasteiger partial charge in [-0.2, -0.15) is 11.8 Å². The molecule has 0 aliphatic carbocycles. The van der Waals surface area contributed by atoms with E-state index in [1.807, 2.05) is 20.1 Å². The van der Waals surface area contributed by atoms with Gasteiger partial charge in [0.25, 0.3) is 5.91 Å². The van der Waals surface area contributed by atoms with Gasteiger partial charge in [-0.15, -0.1) is 0 Å². The van der Waals surface area contributed by atoms with Crippen molar-refractivity contribution in [2.45, 2.75) is 25.1 Å². The van der Waals surface area contributed by atoms with Gasteiger partial charge in [-0.25, -0.2) is 0 Å². The molecule has 0 saturated carbocycles. The molecule has 0 bridgehead atoms. The molecule has 0 aliphatic rings. The Morgan fingerprint density at radius 2 is 2.35 bits per heavy atom. The third-order valence-corrected chi connectivity index (χ3v) is 3.72. The number of rotatable bonds is 5. The molecule has 2 N–H and O–H groups in total.